The van der Waals surface area contributed by atoms with Gasteiger partial charge >= 0.3 is 49.7 Å². The molecule has 0 aromatic carbocycles. The van der Waals surface area contributed by atoms with Crippen LogP contribution in [0.3, 0.4) is 0 Å². The van der Waals surface area contributed by atoms with E-state index in [9.17, 15) is 69.0 Å². The molecule has 0 aliphatic rings. The van der Waals surface area contributed by atoms with E-state index in [0.29, 0.717) is 0 Å². The molecule has 0 aromatic heterocycles. The van der Waals surface area contributed by atoms with Crippen LogP contribution in [0, 0.1) is 21.7 Å². The van der Waals surface area contributed by atoms with Crippen LogP contribution in [0.1, 0.15) is 81.1 Å². The minimum atomic E-state index is -1.37. The molecule has 24 nitrogen and oxygen atoms in total. The van der Waals surface area contributed by atoms with Gasteiger partial charge in [0.25, 0.3) is 0 Å². The van der Waals surface area contributed by atoms with Gasteiger partial charge in [-0.1, -0.05) is 55.4 Å². The van der Waals surface area contributed by atoms with Crippen molar-refractivity contribution in [2.24, 2.45) is 21.7 Å². The molecular weight excluding hydrogens is 848 g/mol. The average Bonchev–Trinajstić information content (AvgIpc) is 3.16. The Hall–Kier alpha value is -3.30. The van der Waals surface area contributed by atoms with Gasteiger partial charge in [-0.05, 0) is 0 Å². The third-order valence-electron chi connectivity index (χ3n) is 8.12. The zero-order valence-corrected chi connectivity index (χ0v) is 38.3. The molecule has 0 unspecified atom stereocenters. The van der Waals surface area contributed by atoms with Crippen LogP contribution in [0.25, 0.3) is 0 Å². The summed E-state index contributed by atoms with van der Waals surface area (Å²) >= 11 is 0. The van der Waals surface area contributed by atoms with Crippen LogP contribution in [0.5, 0.6) is 0 Å². The van der Waals surface area contributed by atoms with Gasteiger partial charge in [-0.25, -0.2) is 0 Å². The van der Waals surface area contributed by atoms with E-state index < -0.39 is 93.6 Å². The maximum atomic E-state index is 11.3. The Morgan fingerprint density at radius 3 is 0.705 bits per heavy atom. The van der Waals surface area contributed by atoms with Gasteiger partial charge in [-0.2, -0.15) is 0 Å². The number of carboxylic acid groups (broad SMARTS) is 4. The summed E-state index contributed by atoms with van der Waals surface area (Å²) in [5.74, 6) is -7.33. The van der Waals surface area contributed by atoms with Crippen LogP contribution in [0.4, 0.5) is 0 Å². The molecular formula is C36H66CaN4O20. The Morgan fingerprint density at radius 2 is 0.574 bits per heavy atom. The predicted octanol–water partition coefficient (Wildman–Crippen LogP) is -7.22. The molecule has 25 heteroatoms. The van der Waals surface area contributed by atoms with Crippen molar-refractivity contribution in [3.8, 4) is 0 Å². The van der Waals surface area contributed by atoms with E-state index in [2.05, 4.69) is 21.3 Å². The fraction of sp³-hybridized carbons (Fsp3) is 0.778. The quantitative estimate of drug-likeness (QED) is 0.0400. The summed E-state index contributed by atoms with van der Waals surface area (Å²) in [5.41, 5.74) is -3.78. The van der Waals surface area contributed by atoms with Gasteiger partial charge in [-0.3, -0.25) is 28.8 Å². The summed E-state index contributed by atoms with van der Waals surface area (Å²) in [5, 5.41) is 119. The second-order valence-electron chi connectivity index (χ2n) is 15.9. The zero-order chi connectivity index (χ0) is 48.2. The van der Waals surface area contributed by atoms with Gasteiger partial charge in [0.2, 0.25) is 23.6 Å². The van der Waals surface area contributed by atoms with Crippen molar-refractivity contribution in [1.82, 2.24) is 21.3 Å². The fourth-order valence-corrected chi connectivity index (χ4v) is 3.31. The molecule has 61 heavy (non-hydrogen) atoms. The fourth-order valence-electron chi connectivity index (χ4n) is 3.31. The van der Waals surface area contributed by atoms with E-state index in [4.69, 9.17) is 30.6 Å². The summed E-state index contributed by atoms with van der Waals surface area (Å²) in [4.78, 5) is 85.4. The van der Waals surface area contributed by atoms with Crippen molar-refractivity contribution in [1.29, 1.82) is 0 Å². The Morgan fingerprint density at radius 1 is 0.410 bits per heavy atom. The van der Waals surface area contributed by atoms with Gasteiger partial charge < -0.3 is 92.1 Å². The number of amides is 4. The van der Waals surface area contributed by atoms with Crippen molar-refractivity contribution in [3.63, 3.8) is 0 Å². The first kappa shape index (κ1) is 66.8. The van der Waals surface area contributed by atoms with Crippen molar-refractivity contribution in [3.05, 3.63) is 0 Å². The molecule has 0 heterocycles. The number of rotatable bonds is 24. The van der Waals surface area contributed by atoms with Gasteiger partial charge in [0.15, 0.2) is 0 Å². The maximum Gasteiger partial charge on any atom is 2.00 e. The molecule has 0 aliphatic carbocycles. The third kappa shape index (κ3) is 32.1. The van der Waals surface area contributed by atoms with E-state index in [1.807, 2.05) is 0 Å². The third-order valence-corrected chi connectivity index (χ3v) is 8.12. The Bertz CT molecular complexity index is 1160. The second kappa shape index (κ2) is 33.3. The summed E-state index contributed by atoms with van der Waals surface area (Å²) in [6, 6.07) is 0. The minimum absolute atomic E-state index is 0. The first-order chi connectivity index (χ1) is 27.2. The molecule has 0 radical (unpaired) electrons. The SMILES string of the molecule is CC(C)(CO)[C@@H](O)C(=O)NCCC(=O)O.CC(C)(CO)[C@@H](O)C(=O)NCCC(=O)O.CC(C)(CO)[C@@H](O)C(=O)NCCC(=O)[O-].CC(C)(CO)[C@@H](O)C(=O)NCCC(=O)[O-].[Ca+2]. The summed E-state index contributed by atoms with van der Waals surface area (Å²) < 4.78 is 0. The first-order valence-corrected chi connectivity index (χ1v) is 18.3. The minimum Gasteiger partial charge on any atom is -0.550 e. The van der Waals surface area contributed by atoms with Crippen molar-refractivity contribution in [2.45, 2.75) is 105 Å². The molecule has 352 valence electrons. The molecule has 0 spiro atoms. The number of aliphatic hydroxyl groups excluding tert-OH is 8. The van der Waals surface area contributed by atoms with E-state index in [1.165, 1.54) is 55.4 Å². The molecule has 4 atom stereocenters. The molecule has 0 bridgehead atoms. The Balaban J connectivity index is -0.000000227. The number of carbonyl (C=O) groups is 8. The van der Waals surface area contributed by atoms with Crippen molar-refractivity contribution < 1.29 is 99.6 Å². The van der Waals surface area contributed by atoms with E-state index in [0.717, 1.165) is 0 Å². The number of aliphatic hydroxyl groups is 8. The molecule has 0 saturated heterocycles. The van der Waals surface area contributed by atoms with Gasteiger partial charge in [0.05, 0.1) is 39.3 Å². The summed E-state index contributed by atoms with van der Waals surface area (Å²) in [6.45, 7) is 10.6. The van der Waals surface area contributed by atoms with Crippen LogP contribution in [-0.4, -0.2) is 213 Å². The number of carbonyl (C=O) groups excluding carboxylic acids is 6. The zero-order valence-electron chi connectivity index (χ0n) is 36.1. The second-order valence-corrected chi connectivity index (χ2v) is 15.9. The summed E-state index contributed by atoms with van der Waals surface area (Å²) in [7, 11) is 0. The number of hydrogen-bond donors (Lipinski definition) is 14. The van der Waals surface area contributed by atoms with Crippen LogP contribution >= 0.6 is 0 Å². The number of nitrogens with one attached hydrogen (secondary N) is 4. The van der Waals surface area contributed by atoms with Crippen molar-refractivity contribution >= 4 is 85.2 Å². The van der Waals surface area contributed by atoms with Gasteiger partial charge in [0, 0.05) is 72.6 Å². The normalized spacial score (nSPS) is 13.1. The first-order valence-electron chi connectivity index (χ1n) is 18.3. The average molecular weight is 915 g/mol. The van der Waals surface area contributed by atoms with E-state index in [-0.39, 0.29) is 116 Å². The summed E-state index contributed by atoms with van der Waals surface area (Å²) in [6.07, 6.45) is -6.45. The van der Waals surface area contributed by atoms with Crippen LogP contribution in [0.2, 0.25) is 0 Å². The largest absolute Gasteiger partial charge is 2.00 e. The molecule has 0 aromatic rings. The smallest absolute Gasteiger partial charge is 0.550 e. The molecule has 0 fully saturated rings. The maximum absolute atomic E-state index is 11.3. The predicted molar refractivity (Wildman–Crippen MR) is 209 cm³/mol. The van der Waals surface area contributed by atoms with Crippen LogP contribution < -0.4 is 31.5 Å². The van der Waals surface area contributed by atoms with E-state index in [1.54, 1.807) is 0 Å². The number of carboxylic acids is 4. The topological polar surface area (TPSA) is 433 Å². The Kier molecular flexibility index (Phi) is 36.4. The van der Waals surface area contributed by atoms with Crippen LogP contribution in [0.15, 0.2) is 0 Å². The molecule has 0 aliphatic heterocycles. The van der Waals surface area contributed by atoms with Gasteiger partial charge in [-0.15, -0.1) is 0 Å². The van der Waals surface area contributed by atoms with Crippen molar-refractivity contribution in [2.75, 3.05) is 52.6 Å². The molecule has 0 saturated carbocycles. The molecule has 14 N–H and O–H groups in total. The van der Waals surface area contributed by atoms with Crippen LogP contribution in [-0.2, 0) is 38.4 Å². The van der Waals surface area contributed by atoms with E-state index >= 15 is 0 Å². The number of hydrogen-bond acceptors (Lipinski definition) is 18. The van der Waals surface area contributed by atoms with Gasteiger partial charge in [0.1, 0.15) is 24.4 Å². The molecule has 0 rings (SSSR count). The standard InChI is InChI=1S/4C9H17NO5.Ca/c4*1-9(2,5-11)7(14)8(15)10-4-3-6(12)13;/h4*7,11,14H,3-5H2,1-2H3,(H,10,15)(H,12,13);/q;;;;+2/p-2/t4*7-;/m0000./s1. The number of aliphatic carboxylic acids is 4. The molecule has 4 amide bonds. The Labute approximate surface area is 384 Å². The monoisotopic (exact) mass is 914 g/mol.